The molecule has 3 aliphatic rings. The van der Waals surface area contributed by atoms with E-state index in [1.54, 1.807) is 0 Å². The highest BCUT2D eigenvalue weighted by atomic mass is 16.3. The smallest absolute Gasteiger partial charge is 0.0841 e. The standard InChI is InChI=1S/C15H19NO/c1-8-4-5-16-7-11(8)15(17)14-12-9-2-3-10(6-9)13(12)14/h4-5,7,9-10,12-15,17H,2-3,6H2,1H3. The summed E-state index contributed by atoms with van der Waals surface area (Å²) in [7, 11) is 0. The molecule has 90 valence electrons. The summed E-state index contributed by atoms with van der Waals surface area (Å²) in [6.07, 6.45) is 7.69. The maximum absolute atomic E-state index is 10.6. The third kappa shape index (κ3) is 1.28. The molecule has 2 bridgehead atoms. The van der Waals surface area contributed by atoms with Gasteiger partial charge in [-0.2, -0.15) is 0 Å². The zero-order chi connectivity index (χ0) is 11.6. The van der Waals surface area contributed by atoms with Gasteiger partial charge in [0.15, 0.2) is 0 Å². The van der Waals surface area contributed by atoms with E-state index in [9.17, 15) is 5.11 Å². The summed E-state index contributed by atoms with van der Waals surface area (Å²) in [5, 5.41) is 10.6. The van der Waals surface area contributed by atoms with Crippen molar-refractivity contribution in [2.45, 2.75) is 32.3 Å². The van der Waals surface area contributed by atoms with Crippen LogP contribution in [0.1, 0.15) is 36.5 Å². The first-order valence-corrected chi connectivity index (χ1v) is 6.86. The molecule has 2 heteroatoms. The van der Waals surface area contributed by atoms with E-state index in [-0.39, 0.29) is 6.10 Å². The van der Waals surface area contributed by atoms with Gasteiger partial charge in [-0.25, -0.2) is 0 Å². The monoisotopic (exact) mass is 229 g/mol. The molecule has 4 rings (SSSR count). The first-order chi connectivity index (χ1) is 8.27. The number of aromatic nitrogens is 1. The highest BCUT2D eigenvalue weighted by molar-refractivity contribution is 5.28. The fourth-order valence-electron chi connectivity index (χ4n) is 4.81. The molecule has 0 radical (unpaired) electrons. The van der Waals surface area contributed by atoms with Crippen LogP contribution in [0.3, 0.4) is 0 Å². The van der Waals surface area contributed by atoms with Crippen LogP contribution in [0.5, 0.6) is 0 Å². The van der Waals surface area contributed by atoms with Crippen molar-refractivity contribution in [3.63, 3.8) is 0 Å². The molecule has 0 saturated heterocycles. The molecule has 0 aliphatic heterocycles. The Hall–Kier alpha value is -0.890. The number of hydrogen-bond acceptors (Lipinski definition) is 2. The Morgan fingerprint density at radius 1 is 1.29 bits per heavy atom. The molecule has 1 aromatic rings. The van der Waals surface area contributed by atoms with E-state index in [0.717, 1.165) is 29.2 Å². The van der Waals surface area contributed by atoms with Crippen molar-refractivity contribution in [1.82, 2.24) is 4.98 Å². The summed E-state index contributed by atoms with van der Waals surface area (Å²) in [4.78, 5) is 4.16. The number of fused-ring (bicyclic) bond motifs is 5. The van der Waals surface area contributed by atoms with Gasteiger partial charge < -0.3 is 5.11 Å². The maximum atomic E-state index is 10.6. The van der Waals surface area contributed by atoms with Gasteiger partial charge in [0.1, 0.15) is 0 Å². The second kappa shape index (κ2) is 3.32. The molecule has 0 spiro atoms. The molecule has 1 aromatic heterocycles. The molecular weight excluding hydrogens is 210 g/mol. The average Bonchev–Trinajstić information content (AvgIpc) is 2.77. The topological polar surface area (TPSA) is 33.1 Å². The van der Waals surface area contributed by atoms with E-state index in [1.807, 2.05) is 18.5 Å². The average molecular weight is 229 g/mol. The van der Waals surface area contributed by atoms with Crippen LogP contribution in [0, 0.1) is 36.5 Å². The Labute approximate surface area is 102 Å². The summed E-state index contributed by atoms with van der Waals surface area (Å²) in [6.45, 7) is 2.08. The lowest BCUT2D eigenvalue weighted by atomic mass is 9.94. The molecule has 1 heterocycles. The Balaban J connectivity index is 1.60. The number of aryl methyl sites for hydroxylation is 1. The van der Waals surface area contributed by atoms with Crippen LogP contribution in [0.2, 0.25) is 0 Å². The quantitative estimate of drug-likeness (QED) is 0.846. The van der Waals surface area contributed by atoms with E-state index < -0.39 is 0 Å². The number of aliphatic hydroxyl groups excluding tert-OH is 1. The van der Waals surface area contributed by atoms with E-state index >= 15 is 0 Å². The molecular formula is C15H19NO. The summed E-state index contributed by atoms with van der Waals surface area (Å²) in [5.41, 5.74) is 2.25. The molecule has 3 fully saturated rings. The lowest BCUT2D eigenvalue weighted by Gasteiger charge is -2.16. The summed E-state index contributed by atoms with van der Waals surface area (Å²) < 4.78 is 0. The van der Waals surface area contributed by atoms with Gasteiger partial charge in [-0.3, -0.25) is 4.98 Å². The van der Waals surface area contributed by atoms with Gasteiger partial charge >= 0.3 is 0 Å². The Kier molecular flexibility index (Phi) is 1.97. The van der Waals surface area contributed by atoms with E-state index in [0.29, 0.717) is 5.92 Å². The maximum Gasteiger partial charge on any atom is 0.0841 e. The second-order valence-electron chi connectivity index (χ2n) is 6.24. The van der Waals surface area contributed by atoms with E-state index in [1.165, 1.54) is 24.8 Å². The van der Waals surface area contributed by atoms with Crippen molar-refractivity contribution < 1.29 is 5.11 Å². The molecule has 17 heavy (non-hydrogen) atoms. The van der Waals surface area contributed by atoms with Crippen LogP contribution < -0.4 is 0 Å². The lowest BCUT2D eigenvalue weighted by molar-refractivity contribution is 0.129. The fourth-order valence-corrected chi connectivity index (χ4v) is 4.81. The Bertz CT molecular complexity index is 442. The zero-order valence-electron chi connectivity index (χ0n) is 10.2. The van der Waals surface area contributed by atoms with Gasteiger partial charge in [-0.15, -0.1) is 0 Å². The van der Waals surface area contributed by atoms with E-state index in [4.69, 9.17) is 0 Å². The highest BCUT2D eigenvalue weighted by Gasteiger charge is 2.66. The van der Waals surface area contributed by atoms with Crippen LogP contribution in [0.4, 0.5) is 0 Å². The van der Waals surface area contributed by atoms with Crippen molar-refractivity contribution in [3.05, 3.63) is 29.6 Å². The number of nitrogens with zero attached hydrogens (tertiary/aromatic N) is 1. The molecule has 1 N–H and O–H groups in total. The van der Waals surface area contributed by atoms with Crippen LogP contribution in [0.15, 0.2) is 18.5 Å². The second-order valence-corrected chi connectivity index (χ2v) is 6.24. The van der Waals surface area contributed by atoms with Crippen molar-refractivity contribution in [2.75, 3.05) is 0 Å². The van der Waals surface area contributed by atoms with Crippen LogP contribution >= 0.6 is 0 Å². The van der Waals surface area contributed by atoms with E-state index in [2.05, 4.69) is 11.9 Å². The molecule has 2 nitrogen and oxygen atoms in total. The SMILES string of the molecule is Cc1ccncc1C(O)C1C2C3CCC(C3)C21. The summed E-state index contributed by atoms with van der Waals surface area (Å²) >= 11 is 0. The highest BCUT2D eigenvalue weighted by Crippen LogP contribution is 2.72. The largest absolute Gasteiger partial charge is 0.388 e. The van der Waals surface area contributed by atoms with Gasteiger partial charge in [0.2, 0.25) is 0 Å². The predicted molar refractivity (Wildman–Crippen MR) is 65.2 cm³/mol. The number of aliphatic hydroxyl groups is 1. The van der Waals surface area contributed by atoms with Gasteiger partial charge in [-0.1, -0.05) is 0 Å². The first-order valence-electron chi connectivity index (χ1n) is 6.86. The molecule has 3 aliphatic carbocycles. The molecule has 5 atom stereocenters. The minimum atomic E-state index is -0.262. The third-order valence-electron chi connectivity index (χ3n) is 5.56. The molecule has 3 saturated carbocycles. The minimum absolute atomic E-state index is 0.262. The van der Waals surface area contributed by atoms with Gasteiger partial charge in [0.25, 0.3) is 0 Å². The summed E-state index contributed by atoms with van der Waals surface area (Å²) in [6, 6.07) is 2.01. The van der Waals surface area contributed by atoms with Crippen molar-refractivity contribution >= 4 is 0 Å². The van der Waals surface area contributed by atoms with Crippen LogP contribution in [-0.2, 0) is 0 Å². The number of pyridine rings is 1. The normalized spacial score (nSPS) is 43.5. The van der Waals surface area contributed by atoms with Gasteiger partial charge in [0.05, 0.1) is 6.10 Å². The minimum Gasteiger partial charge on any atom is -0.388 e. The van der Waals surface area contributed by atoms with Crippen LogP contribution in [-0.4, -0.2) is 10.1 Å². The fraction of sp³-hybridized carbons (Fsp3) is 0.667. The van der Waals surface area contributed by atoms with Crippen molar-refractivity contribution in [2.24, 2.45) is 29.6 Å². The van der Waals surface area contributed by atoms with Crippen LogP contribution in [0.25, 0.3) is 0 Å². The third-order valence-corrected chi connectivity index (χ3v) is 5.56. The molecule has 5 unspecified atom stereocenters. The predicted octanol–water partition coefficient (Wildman–Crippen LogP) is 2.72. The molecule has 0 aromatic carbocycles. The lowest BCUT2D eigenvalue weighted by Crippen LogP contribution is -2.09. The number of rotatable bonds is 2. The Morgan fingerprint density at radius 2 is 2.00 bits per heavy atom. The Morgan fingerprint density at radius 3 is 2.65 bits per heavy atom. The first kappa shape index (κ1) is 10.1. The zero-order valence-corrected chi connectivity index (χ0v) is 10.2. The van der Waals surface area contributed by atoms with Gasteiger partial charge in [0, 0.05) is 18.0 Å². The molecule has 0 amide bonds. The number of hydrogen-bond donors (Lipinski definition) is 1. The van der Waals surface area contributed by atoms with Crippen molar-refractivity contribution in [3.8, 4) is 0 Å². The summed E-state index contributed by atoms with van der Waals surface area (Å²) in [5.74, 6) is 4.08. The van der Waals surface area contributed by atoms with Gasteiger partial charge in [-0.05, 0) is 67.4 Å². The van der Waals surface area contributed by atoms with Crippen molar-refractivity contribution in [1.29, 1.82) is 0 Å².